The van der Waals surface area contributed by atoms with Crippen molar-refractivity contribution >= 4 is 28.7 Å². The molecule has 0 atom stereocenters. The second-order valence-corrected chi connectivity index (χ2v) is 4.33. The van der Waals surface area contributed by atoms with Crippen LogP contribution >= 0.6 is 11.6 Å². The Kier molecular flexibility index (Phi) is 4.02. The van der Waals surface area contributed by atoms with E-state index >= 15 is 0 Å². The highest BCUT2D eigenvalue weighted by molar-refractivity contribution is 6.33. The van der Waals surface area contributed by atoms with Gasteiger partial charge >= 0.3 is 0 Å². The lowest BCUT2D eigenvalue weighted by Crippen LogP contribution is -1.98. The lowest BCUT2D eigenvalue weighted by atomic mass is 10.2. The highest BCUT2D eigenvalue weighted by Gasteiger charge is 2.06. The molecule has 0 aliphatic rings. The molecule has 0 fully saturated rings. The Balaban J connectivity index is 2.34. The number of benzene rings is 2. The van der Waals surface area contributed by atoms with Gasteiger partial charge in [0.2, 0.25) is 0 Å². The minimum absolute atomic E-state index is 0.506. The monoisotopic (exact) mass is 278 g/mol. The van der Waals surface area contributed by atoms with Crippen molar-refractivity contribution in [1.29, 1.82) is 0 Å². The molecule has 2 aromatic carbocycles. The Morgan fingerprint density at radius 1 is 1.05 bits per heavy atom. The fourth-order valence-electron chi connectivity index (χ4n) is 1.68. The van der Waals surface area contributed by atoms with Crippen molar-refractivity contribution in [1.82, 2.24) is 0 Å². The first kappa shape index (κ1) is 13.4. The highest BCUT2D eigenvalue weighted by atomic mass is 35.5. The summed E-state index contributed by atoms with van der Waals surface area (Å²) in [6, 6.07) is 10.9. The number of rotatable bonds is 4. The van der Waals surface area contributed by atoms with Crippen molar-refractivity contribution in [3.8, 4) is 11.5 Å². The molecule has 2 aromatic rings. The fourth-order valence-corrected chi connectivity index (χ4v) is 1.86. The van der Waals surface area contributed by atoms with Gasteiger partial charge in [-0.3, -0.25) is 0 Å². The first-order chi connectivity index (χ1) is 9.13. The van der Waals surface area contributed by atoms with Gasteiger partial charge in [-0.2, -0.15) is 0 Å². The molecule has 0 bridgehead atoms. The number of anilines is 3. The molecule has 100 valence electrons. The Labute approximate surface area is 117 Å². The molecule has 4 nitrogen and oxygen atoms in total. The quantitative estimate of drug-likeness (QED) is 0.838. The van der Waals surface area contributed by atoms with Crippen molar-refractivity contribution in [3.63, 3.8) is 0 Å². The van der Waals surface area contributed by atoms with Gasteiger partial charge in [-0.15, -0.1) is 0 Å². The largest absolute Gasteiger partial charge is 0.497 e. The van der Waals surface area contributed by atoms with Crippen LogP contribution in [0.5, 0.6) is 11.5 Å². The number of hydrogen-bond donors (Lipinski definition) is 2. The Bertz CT molecular complexity index is 565. The number of hydrogen-bond acceptors (Lipinski definition) is 4. The Morgan fingerprint density at radius 2 is 1.68 bits per heavy atom. The van der Waals surface area contributed by atoms with Crippen LogP contribution in [0.4, 0.5) is 17.1 Å². The molecule has 0 saturated heterocycles. The number of ether oxygens (including phenoxy) is 2. The molecule has 0 aliphatic heterocycles. The molecule has 0 aliphatic carbocycles. The Hall–Kier alpha value is -2.07. The van der Waals surface area contributed by atoms with Gasteiger partial charge < -0.3 is 20.5 Å². The van der Waals surface area contributed by atoms with Crippen molar-refractivity contribution in [2.24, 2.45) is 0 Å². The average Bonchev–Trinajstić information content (AvgIpc) is 2.43. The van der Waals surface area contributed by atoms with Crippen molar-refractivity contribution in [2.45, 2.75) is 0 Å². The van der Waals surface area contributed by atoms with Gasteiger partial charge in [-0.25, -0.2) is 0 Å². The van der Waals surface area contributed by atoms with Crippen LogP contribution < -0.4 is 20.5 Å². The molecule has 0 heterocycles. The van der Waals surface area contributed by atoms with Gasteiger partial charge in [-0.05, 0) is 12.1 Å². The fraction of sp³-hybridized carbons (Fsp3) is 0.143. The van der Waals surface area contributed by atoms with E-state index in [1.807, 2.05) is 24.3 Å². The van der Waals surface area contributed by atoms with E-state index in [2.05, 4.69) is 5.32 Å². The minimum atomic E-state index is 0.506. The lowest BCUT2D eigenvalue weighted by Gasteiger charge is -2.12. The number of halogens is 1. The molecular formula is C14H15ClN2O2. The van der Waals surface area contributed by atoms with Gasteiger partial charge in [0.15, 0.2) is 0 Å². The zero-order valence-corrected chi connectivity index (χ0v) is 11.5. The maximum atomic E-state index is 5.98. The zero-order valence-electron chi connectivity index (χ0n) is 10.7. The molecule has 3 N–H and O–H groups in total. The maximum Gasteiger partial charge on any atom is 0.124 e. The zero-order chi connectivity index (χ0) is 13.8. The predicted molar refractivity (Wildman–Crippen MR) is 78.7 cm³/mol. The molecule has 0 amide bonds. The lowest BCUT2D eigenvalue weighted by molar-refractivity contribution is 0.395. The molecular weight excluding hydrogens is 264 g/mol. The first-order valence-electron chi connectivity index (χ1n) is 5.68. The van der Waals surface area contributed by atoms with Gasteiger partial charge in [0.05, 0.1) is 30.6 Å². The van der Waals surface area contributed by atoms with E-state index in [-0.39, 0.29) is 0 Å². The normalized spacial score (nSPS) is 10.1. The molecule has 2 rings (SSSR count). The average molecular weight is 279 g/mol. The van der Waals surface area contributed by atoms with Gasteiger partial charge in [0, 0.05) is 23.9 Å². The van der Waals surface area contributed by atoms with E-state index in [9.17, 15) is 0 Å². The summed E-state index contributed by atoms with van der Waals surface area (Å²) in [5, 5.41) is 3.71. The van der Waals surface area contributed by atoms with Crippen LogP contribution in [0, 0.1) is 0 Å². The summed E-state index contributed by atoms with van der Waals surface area (Å²) in [4.78, 5) is 0. The van der Waals surface area contributed by atoms with Gasteiger partial charge in [0.1, 0.15) is 11.5 Å². The number of nitrogens with one attached hydrogen (secondary N) is 1. The van der Waals surface area contributed by atoms with Crippen molar-refractivity contribution in [3.05, 3.63) is 41.4 Å². The van der Waals surface area contributed by atoms with Crippen LogP contribution in [0.2, 0.25) is 5.02 Å². The first-order valence-corrected chi connectivity index (χ1v) is 6.06. The number of nitrogen functional groups attached to an aromatic ring is 1. The molecule has 0 unspecified atom stereocenters. The second kappa shape index (κ2) is 5.71. The summed E-state index contributed by atoms with van der Waals surface area (Å²) in [5.41, 5.74) is 7.97. The third-order valence-corrected chi connectivity index (χ3v) is 3.01. The summed E-state index contributed by atoms with van der Waals surface area (Å²) in [6.45, 7) is 0. The molecule has 0 saturated carbocycles. The van der Waals surface area contributed by atoms with E-state index in [1.165, 1.54) is 0 Å². The second-order valence-electron chi connectivity index (χ2n) is 3.93. The van der Waals surface area contributed by atoms with E-state index in [0.29, 0.717) is 22.2 Å². The predicted octanol–water partition coefficient (Wildman–Crippen LogP) is 3.68. The van der Waals surface area contributed by atoms with Crippen LogP contribution in [-0.4, -0.2) is 14.2 Å². The topological polar surface area (TPSA) is 56.5 Å². The standard InChI is InChI=1S/C14H15ClN2O2/c1-18-10-6-9(7-11(8-10)19-2)17-13-5-3-4-12(15)14(13)16/h3-8,17H,16H2,1-2H3. The van der Waals surface area contributed by atoms with Gasteiger partial charge in [-0.1, -0.05) is 17.7 Å². The van der Waals surface area contributed by atoms with E-state index < -0.39 is 0 Å². The molecule has 5 heteroatoms. The molecule has 19 heavy (non-hydrogen) atoms. The number of methoxy groups -OCH3 is 2. The van der Waals surface area contributed by atoms with Crippen LogP contribution in [0.3, 0.4) is 0 Å². The van der Waals surface area contributed by atoms with Crippen LogP contribution in [0.15, 0.2) is 36.4 Å². The van der Waals surface area contributed by atoms with Crippen LogP contribution in [-0.2, 0) is 0 Å². The van der Waals surface area contributed by atoms with Crippen molar-refractivity contribution < 1.29 is 9.47 Å². The van der Waals surface area contributed by atoms with Crippen LogP contribution in [0.25, 0.3) is 0 Å². The Morgan fingerprint density at radius 3 is 2.26 bits per heavy atom. The molecule has 0 radical (unpaired) electrons. The number of para-hydroxylation sites is 1. The van der Waals surface area contributed by atoms with E-state index in [0.717, 1.165) is 11.4 Å². The summed E-state index contributed by atoms with van der Waals surface area (Å²) >= 11 is 5.98. The molecule has 0 spiro atoms. The van der Waals surface area contributed by atoms with Crippen molar-refractivity contribution in [2.75, 3.05) is 25.3 Å². The third-order valence-electron chi connectivity index (χ3n) is 2.68. The van der Waals surface area contributed by atoms with Gasteiger partial charge in [0.25, 0.3) is 0 Å². The third kappa shape index (κ3) is 3.03. The summed E-state index contributed by atoms with van der Waals surface area (Å²) in [7, 11) is 3.21. The van der Waals surface area contributed by atoms with E-state index in [4.69, 9.17) is 26.8 Å². The SMILES string of the molecule is COc1cc(Nc2cccc(Cl)c2N)cc(OC)c1. The van der Waals surface area contributed by atoms with E-state index in [1.54, 1.807) is 26.4 Å². The number of nitrogens with two attached hydrogens (primary N) is 1. The highest BCUT2D eigenvalue weighted by Crippen LogP contribution is 2.32. The van der Waals surface area contributed by atoms with Crippen LogP contribution in [0.1, 0.15) is 0 Å². The maximum absolute atomic E-state index is 5.98. The minimum Gasteiger partial charge on any atom is -0.497 e. The summed E-state index contributed by atoms with van der Waals surface area (Å²) in [6.07, 6.45) is 0. The summed E-state index contributed by atoms with van der Waals surface area (Å²) in [5.74, 6) is 1.39. The smallest absolute Gasteiger partial charge is 0.124 e. The molecule has 0 aromatic heterocycles. The summed E-state index contributed by atoms with van der Waals surface area (Å²) < 4.78 is 10.4.